The van der Waals surface area contributed by atoms with Gasteiger partial charge in [0.05, 0.1) is 12.0 Å². The molecular formula is C20H17NO3S. The third kappa shape index (κ3) is 4.49. The molecule has 1 N–H and O–H groups in total. The monoisotopic (exact) mass is 351 g/mol. The molecule has 1 aromatic heterocycles. The molecule has 0 aliphatic rings. The third-order valence-electron chi connectivity index (χ3n) is 3.40. The van der Waals surface area contributed by atoms with E-state index in [1.807, 2.05) is 60.0 Å². The number of anilines is 1. The van der Waals surface area contributed by atoms with Crippen LogP contribution in [-0.4, -0.2) is 12.9 Å². The first-order valence-electron chi connectivity index (χ1n) is 7.68. The van der Waals surface area contributed by atoms with E-state index in [4.69, 9.17) is 9.47 Å². The van der Waals surface area contributed by atoms with Crippen LogP contribution in [0.1, 0.15) is 9.67 Å². The van der Waals surface area contributed by atoms with Crippen molar-refractivity contribution in [2.24, 2.45) is 0 Å². The van der Waals surface area contributed by atoms with E-state index in [-0.39, 0.29) is 5.78 Å². The lowest BCUT2D eigenvalue weighted by atomic mass is 10.3. The van der Waals surface area contributed by atoms with Crippen molar-refractivity contribution in [3.8, 4) is 17.2 Å². The molecule has 0 radical (unpaired) electrons. The van der Waals surface area contributed by atoms with Gasteiger partial charge in [-0.25, -0.2) is 0 Å². The van der Waals surface area contributed by atoms with E-state index in [0.717, 1.165) is 10.6 Å². The minimum absolute atomic E-state index is 0.0152. The van der Waals surface area contributed by atoms with Gasteiger partial charge >= 0.3 is 0 Å². The van der Waals surface area contributed by atoms with Crippen LogP contribution in [0.3, 0.4) is 0 Å². The average Bonchev–Trinajstić information content (AvgIpc) is 3.18. The van der Waals surface area contributed by atoms with Crippen molar-refractivity contribution in [2.45, 2.75) is 0 Å². The highest BCUT2D eigenvalue weighted by Gasteiger charge is 2.04. The molecule has 0 atom stereocenters. The number of thiophene rings is 1. The van der Waals surface area contributed by atoms with Crippen LogP contribution in [0.5, 0.6) is 17.2 Å². The van der Waals surface area contributed by atoms with Gasteiger partial charge in [0, 0.05) is 18.0 Å². The number of hydrogen-bond donors (Lipinski definition) is 1. The lowest BCUT2D eigenvalue weighted by molar-refractivity contribution is 0.105. The SMILES string of the molecule is COc1ccccc1Oc1ccc(N/C=C/C(=O)c2cccs2)cc1. The molecule has 0 bridgehead atoms. The highest BCUT2D eigenvalue weighted by molar-refractivity contribution is 7.12. The van der Waals surface area contributed by atoms with Crippen LogP contribution in [0.25, 0.3) is 0 Å². The van der Waals surface area contributed by atoms with Crippen LogP contribution in [-0.2, 0) is 0 Å². The van der Waals surface area contributed by atoms with Gasteiger partial charge in [0.2, 0.25) is 0 Å². The average molecular weight is 351 g/mol. The molecular weight excluding hydrogens is 334 g/mol. The summed E-state index contributed by atoms with van der Waals surface area (Å²) in [6, 6.07) is 18.6. The second-order valence-corrected chi connectivity index (χ2v) is 6.04. The molecule has 0 fully saturated rings. The summed E-state index contributed by atoms with van der Waals surface area (Å²) in [6.45, 7) is 0. The Morgan fingerprint density at radius 3 is 2.44 bits per heavy atom. The van der Waals surface area contributed by atoms with Gasteiger partial charge in [0.25, 0.3) is 0 Å². The zero-order valence-corrected chi connectivity index (χ0v) is 14.5. The first-order valence-corrected chi connectivity index (χ1v) is 8.56. The molecule has 5 heteroatoms. The summed E-state index contributed by atoms with van der Waals surface area (Å²) in [4.78, 5) is 12.6. The predicted molar refractivity (Wildman–Crippen MR) is 101 cm³/mol. The van der Waals surface area contributed by atoms with Crippen LogP contribution in [0.2, 0.25) is 0 Å². The van der Waals surface area contributed by atoms with Crippen LogP contribution < -0.4 is 14.8 Å². The first-order chi connectivity index (χ1) is 12.3. The highest BCUT2D eigenvalue weighted by atomic mass is 32.1. The van der Waals surface area contributed by atoms with Crippen LogP contribution >= 0.6 is 11.3 Å². The number of para-hydroxylation sites is 2. The summed E-state index contributed by atoms with van der Waals surface area (Å²) in [5.41, 5.74) is 0.864. The minimum atomic E-state index is -0.0152. The highest BCUT2D eigenvalue weighted by Crippen LogP contribution is 2.31. The largest absolute Gasteiger partial charge is 0.493 e. The summed E-state index contributed by atoms with van der Waals surface area (Å²) in [7, 11) is 1.61. The van der Waals surface area contributed by atoms with Crippen molar-refractivity contribution >= 4 is 22.8 Å². The Morgan fingerprint density at radius 1 is 1.00 bits per heavy atom. The maximum Gasteiger partial charge on any atom is 0.197 e. The van der Waals surface area contributed by atoms with Gasteiger partial charge < -0.3 is 14.8 Å². The number of nitrogens with one attached hydrogen (secondary N) is 1. The molecule has 0 aliphatic carbocycles. The van der Waals surface area contributed by atoms with E-state index in [9.17, 15) is 4.79 Å². The van der Waals surface area contributed by atoms with E-state index in [0.29, 0.717) is 17.2 Å². The second-order valence-electron chi connectivity index (χ2n) is 5.10. The smallest absolute Gasteiger partial charge is 0.197 e. The molecule has 0 spiro atoms. The predicted octanol–water partition coefficient (Wildman–Crippen LogP) is 5.36. The number of allylic oxidation sites excluding steroid dienone is 1. The van der Waals surface area contributed by atoms with Crippen molar-refractivity contribution < 1.29 is 14.3 Å². The van der Waals surface area contributed by atoms with Crippen LogP contribution in [0.15, 0.2) is 78.3 Å². The zero-order valence-electron chi connectivity index (χ0n) is 13.6. The number of carbonyl (C=O) groups excluding carboxylic acids is 1. The van der Waals surface area contributed by atoms with Crippen molar-refractivity contribution in [3.05, 3.63) is 83.2 Å². The molecule has 1 heterocycles. The second kappa shape index (κ2) is 8.17. The summed E-state index contributed by atoms with van der Waals surface area (Å²) in [6.07, 6.45) is 3.16. The van der Waals surface area contributed by atoms with Crippen LogP contribution in [0, 0.1) is 0 Å². The fourth-order valence-electron chi connectivity index (χ4n) is 2.16. The van der Waals surface area contributed by atoms with Crippen molar-refractivity contribution in [1.82, 2.24) is 0 Å². The lowest BCUT2D eigenvalue weighted by Gasteiger charge is -2.10. The van der Waals surface area contributed by atoms with E-state index in [1.165, 1.54) is 17.4 Å². The Balaban J connectivity index is 1.60. The standard InChI is InChI=1S/C20H17NO3S/c1-23-18-5-2-3-6-19(18)24-16-10-8-15(9-11-16)21-13-12-17(22)20-7-4-14-25-20/h2-14,21H,1H3/b13-12+. The normalized spacial score (nSPS) is 10.6. The van der Waals surface area contributed by atoms with Gasteiger partial charge in [0.1, 0.15) is 5.75 Å². The molecule has 3 rings (SSSR count). The zero-order chi connectivity index (χ0) is 17.5. The molecule has 4 nitrogen and oxygen atoms in total. The van der Waals surface area contributed by atoms with E-state index in [1.54, 1.807) is 19.4 Å². The van der Waals surface area contributed by atoms with Crippen LogP contribution in [0.4, 0.5) is 5.69 Å². The molecule has 0 saturated heterocycles. The Labute approximate surface area is 150 Å². The number of ether oxygens (including phenoxy) is 2. The Morgan fingerprint density at radius 2 is 1.76 bits per heavy atom. The van der Waals surface area contributed by atoms with E-state index < -0.39 is 0 Å². The molecule has 3 aromatic rings. The number of methoxy groups -OCH3 is 1. The molecule has 0 aliphatic heterocycles. The Hall–Kier alpha value is -3.05. The quantitative estimate of drug-likeness (QED) is 0.460. The maximum atomic E-state index is 11.9. The van der Waals surface area contributed by atoms with Gasteiger partial charge in [-0.15, -0.1) is 11.3 Å². The van der Waals surface area contributed by atoms with Gasteiger partial charge in [-0.05, 0) is 47.8 Å². The summed E-state index contributed by atoms with van der Waals surface area (Å²) < 4.78 is 11.1. The lowest BCUT2D eigenvalue weighted by Crippen LogP contribution is -1.93. The number of ketones is 1. The Kier molecular flexibility index (Phi) is 5.49. The molecule has 0 amide bonds. The van der Waals surface area contributed by atoms with Gasteiger partial charge in [-0.1, -0.05) is 18.2 Å². The number of hydrogen-bond acceptors (Lipinski definition) is 5. The maximum absolute atomic E-state index is 11.9. The summed E-state index contributed by atoms with van der Waals surface area (Å²) in [5.74, 6) is 2.03. The Bertz CT molecular complexity index is 855. The summed E-state index contributed by atoms with van der Waals surface area (Å²) in [5, 5.41) is 4.96. The molecule has 0 saturated carbocycles. The molecule has 25 heavy (non-hydrogen) atoms. The third-order valence-corrected chi connectivity index (χ3v) is 4.28. The van der Waals surface area contributed by atoms with E-state index in [2.05, 4.69) is 5.32 Å². The molecule has 2 aromatic carbocycles. The van der Waals surface area contributed by atoms with E-state index >= 15 is 0 Å². The topological polar surface area (TPSA) is 47.6 Å². The van der Waals surface area contributed by atoms with Crippen molar-refractivity contribution in [3.63, 3.8) is 0 Å². The first kappa shape index (κ1) is 16.8. The number of carbonyl (C=O) groups is 1. The van der Waals surface area contributed by atoms with Gasteiger partial charge in [-0.2, -0.15) is 0 Å². The van der Waals surface area contributed by atoms with Gasteiger partial charge in [-0.3, -0.25) is 4.79 Å². The fourth-order valence-corrected chi connectivity index (χ4v) is 2.81. The number of rotatable bonds is 7. The minimum Gasteiger partial charge on any atom is -0.493 e. The summed E-state index contributed by atoms with van der Waals surface area (Å²) >= 11 is 1.43. The number of benzene rings is 2. The van der Waals surface area contributed by atoms with Gasteiger partial charge in [0.15, 0.2) is 17.3 Å². The van der Waals surface area contributed by atoms with Crippen molar-refractivity contribution in [2.75, 3.05) is 12.4 Å². The molecule has 0 unspecified atom stereocenters. The fraction of sp³-hybridized carbons (Fsp3) is 0.0500. The van der Waals surface area contributed by atoms with Crippen molar-refractivity contribution in [1.29, 1.82) is 0 Å². The molecule has 126 valence electrons.